The number of rotatable bonds is 6. The van der Waals surface area contributed by atoms with Gasteiger partial charge in [0, 0.05) is 0 Å². The predicted molar refractivity (Wildman–Crippen MR) is 57.0 cm³/mol. The highest BCUT2D eigenvalue weighted by Crippen LogP contribution is 2.07. The number of carbonyl (C=O) groups excluding carboxylic acids is 1. The maximum Gasteiger partial charge on any atom is 0.139 e. The number of aliphatic hydroxyl groups is 1. The molecule has 0 aromatic heterocycles. The van der Waals surface area contributed by atoms with Crippen molar-refractivity contribution in [1.82, 2.24) is 0 Å². The van der Waals surface area contributed by atoms with E-state index in [2.05, 4.69) is 0 Å². The minimum absolute atomic E-state index is 0.175. The number of hydrogen-bond donors (Lipinski definition) is 2. The predicted octanol–water partition coefficient (Wildman–Crippen LogP) is 1.49. The fourth-order valence-corrected chi connectivity index (χ4v) is 1.64. The topological polar surface area (TPSA) is 63.3 Å². The molecule has 76 valence electrons. The molecule has 0 heterocycles. The fraction of sp³-hybridized carbons (Fsp3) is 0.667. The molecular formula is C9H17NO2S. The lowest BCUT2D eigenvalue weighted by atomic mass is 10.2. The van der Waals surface area contributed by atoms with Crippen LogP contribution in [0.15, 0.2) is 11.8 Å². The smallest absolute Gasteiger partial charge is 0.139 e. The number of nitrogens with two attached hydrogens (primary N) is 1. The molecule has 4 heteroatoms. The van der Waals surface area contributed by atoms with E-state index in [4.69, 9.17) is 5.73 Å². The van der Waals surface area contributed by atoms with Gasteiger partial charge in [-0.25, -0.2) is 0 Å². The third-order valence-electron chi connectivity index (χ3n) is 1.55. The van der Waals surface area contributed by atoms with E-state index in [1.54, 1.807) is 31.7 Å². The molecule has 0 aliphatic rings. The summed E-state index contributed by atoms with van der Waals surface area (Å²) in [4.78, 5) is 10.6. The molecule has 13 heavy (non-hydrogen) atoms. The molecule has 0 rings (SSSR count). The highest BCUT2D eigenvalue weighted by Gasteiger charge is 2.06. The van der Waals surface area contributed by atoms with Crippen LogP contribution in [0.5, 0.6) is 0 Å². The summed E-state index contributed by atoms with van der Waals surface area (Å²) in [5.41, 5.74) is 5.63. The Bertz CT molecular complexity index is 192. The average Bonchev–Trinajstić information content (AvgIpc) is 2.10. The Balaban J connectivity index is 3.48. The van der Waals surface area contributed by atoms with Gasteiger partial charge < -0.3 is 10.8 Å². The summed E-state index contributed by atoms with van der Waals surface area (Å²) >= 11 is 1.55. The lowest BCUT2D eigenvalue weighted by Gasteiger charge is -2.09. The van der Waals surface area contributed by atoms with Crippen LogP contribution in [-0.4, -0.2) is 28.4 Å². The lowest BCUT2D eigenvalue weighted by molar-refractivity contribution is -0.114. The van der Waals surface area contributed by atoms with Gasteiger partial charge in [0.05, 0.1) is 11.8 Å². The summed E-state index contributed by atoms with van der Waals surface area (Å²) in [6, 6.07) is -0.288. The molecule has 0 aromatic rings. The second-order valence-electron chi connectivity index (χ2n) is 2.86. The van der Waals surface area contributed by atoms with Crippen molar-refractivity contribution in [2.75, 3.05) is 11.5 Å². The first-order chi connectivity index (χ1) is 6.07. The summed E-state index contributed by atoms with van der Waals surface area (Å²) in [6.07, 6.45) is 2.30. The van der Waals surface area contributed by atoms with Gasteiger partial charge in [-0.15, -0.1) is 0 Å². The SMILES string of the molecule is CC=C(O)C(N)CCSCC(C)=O. The molecule has 3 N–H and O–H groups in total. The average molecular weight is 203 g/mol. The minimum atomic E-state index is -0.288. The van der Waals surface area contributed by atoms with Crippen molar-refractivity contribution in [3.05, 3.63) is 11.8 Å². The Morgan fingerprint density at radius 1 is 1.69 bits per heavy atom. The van der Waals surface area contributed by atoms with Gasteiger partial charge in [0.1, 0.15) is 11.5 Å². The molecule has 1 unspecified atom stereocenters. The molecule has 0 fully saturated rings. The Morgan fingerprint density at radius 3 is 2.77 bits per heavy atom. The van der Waals surface area contributed by atoms with Crippen LogP contribution in [-0.2, 0) is 4.79 Å². The van der Waals surface area contributed by atoms with Gasteiger partial charge in [-0.3, -0.25) is 4.79 Å². The number of ketones is 1. The maximum atomic E-state index is 10.6. The first kappa shape index (κ1) is 12.5. The Labute approximate surface area is 83.4 Å². The summed E-state index contributed by atoms with van der Waals surface area (Å²) in [7, 11) is 0. The van der Waals surface area contributed by atoms with Crippen LogP contribution < -0.4 is 5.73 Å². The highest BCUT2D eigenvalue weighted by atomic mass is 32.2. The number of carbonyl (C=O) groups is 1. The van der Waals surface area contributed by atoms with Gasteiger partial charge in [0.25, 0.3) is 0 Å². The van der Waals surface area contributed by atoms with E-state index in [-0.39, 0.29) is 17.6 Å². The third-order valence-corrected chi connectivity index (χ3v) is 2.69. The minimum Gasteiger partial charge on any atom is -0.511 e. The zero-order valence-electron chi connectivity index (χ0n) is 8.12. The van der Waals surface area contributed by atoms with Crippen molar-refractivity contribution < 1.29 is 9.90 Å². The van der Waals surface area contributed by atoms with Crippen molar-refractivity contribution in [1.29, 1.82) is 0 Å². The standard InChI is InChI=1S/C9H17NO2S/c1-3-9(12)8(10)4-5-13-6-7(2)11/h3,8,12H,4-6,10H2,1-2H3. The van der Waals surface area contributed by atoms with Crippen LogP contribution >= 0.6 is 11.8 Å². The van der Waals surface area contributed by atoms with Crippen molar-refractivity contribution >= 4 is 17.5 Å². The zero-order valence-corrected chi connectivity index (χ0v) is 8.93. The van der Waals surface area contributed by atoms with E-state index < -0.39 is 0 Å². The molecule has 3 nitrogen and oxygen atoms in total. The van der Waals surface area contributed by atoms with E-state index >= 15 is 0 Å². The molecular weight excluding hydrogens is 186 g/mol. The van der Waals surface area contributed by atoms with E-state index in [0.717, 1.165) is 5.75 Å². The van der Waals surface area contributed by atoms with Gasteiger partial charge >= 0.3 is 0 Å². The Hall–Kier alpha value is -0.480. The largest absolute Gasteiger partial charge is 0.511 e. The third kappa shape index (κ3) is 6.66. The maximum absolute atomic E-state index is 10.6. The number of hydrogen-bond acceptors (Lipinski definition) is 4. The van der Waals surface area contributed by atoms with Crippen molar-refractivity contribution in [3.8, 4) is 0 Å². The summed E-state index contributed by atoms with van der Waals surface area (Å²) in [5.74, 6) is 1.74. The molecule has 0 saturated carbocycles. The molecule has 0 spiro atoms. The first-order valence-electron chi connectivity index (χ1n) is 4.25. The van der Waals surface area contributed by atoms with Gasteiger partial charge in [-0.1, -0.05) is 0 Å². The number of aliphatic hydroxyl groups excluding tert-OH is 1. The van der Waals surface area contributed by atoms with Crippen LogP contribution in [0.4, 0.5) is 0 Å². The molecule has 0 bridgehead atoms. The lowest BCUT2D eigenvalue weighted by Crippen LogP contribution is -2.23. The summed E-state index contributed by atoms with van der Waals surface area (Å²) in [6.45, 7) is 3.31. The fourth-order valence-electron chi connectivity index (χ4n) is 0.788. The highest BCUT2D eigenvalue weighted by molar-refractivity contribution is 7.99. The normalized spacial score (nSPS) is 14.2. The van der Waals surface area contributed by atoms with E-state index in [0.29, 0.717) is 12.2 Å². The second-order valence-corrected chi connectivity index (χ2v) is 3.97. The molecule has 0 aliphatic carbocycles. The molecule has 0 saturated heterocycles. The Kier molecular flexibility index (Phi) is 6.72. The van der Waals surface area contributed by atoms with Gasteiger partial charge in [0.15, 0.2) is 0 Å². The molecule has 0 aromatic carbocycles. The van der Waals surface area contributed by atoms with Gasteiger partial charge in [0.2, 0.25) is 0 Å². The quantitative estimate of drug-likeness (QED) is 0.507. The first-order valence-corrected chi connectivity index (χ1v) is 5.41. The monoisotopic (exact) mass is 203 g/mol. The van der Waals surface area contributed by atoms with Crippen LogP contribution in [0.2, 0.25) is 0 Å². The molecule has 0 amide bonds. The Morgan fingerprint density at radius 2 is 2.31 bits per heavy atom. The number of allylic oxidation sites excluding steroid dienone is 1. The molecule has 0 radical (unpaired) electrons. The van der Waals surface area contributed by atoms with Crippen LogP contribution in [0, 0.1) is 0 Å². The van der Waals surface area contributed by atoms with Crippen molar-refractivity contribution in [3.63, 3.8) is 0 Å². The van der Waals surface area contributed by atoms with E-state index in [1.165, 1.54) is 0 Å². The zero-order chi connectivity index (χ0) is 10.3. The van der Waals surface area contributed by atoms with Crippen molar-refractivity contribution in [2.45, 2.75) is 26.3 Å². The van der Waals surface area contributed by atoms with Crippen LogP contribution in [0.25, 0.3) is 0 Å². The number of Topliss-reactive ketones (excluding diaryl/α,β-unsaturated/α-hetero) is 1. The van der Waals surface area contributed by atoms with E-state index in [9.17, 15) is 9.90 Å². The van der Waals surface area contributed by atoms with Gasteiger partial charge in [-0.2, -0.15) is 11.8 Å². The van der Waals surface area contributed by atoms with Crippen LogP contribution in [0.1, 0.15) is 20.3 Å². The summed E-state index contributed by atoms with van der Waals surface area (Å²) in [5, 5.41) is 9.19. The molecule has 1 atom stereocenters. The number of thioether (sulfide) groups is 1. The molecule has 0 aliphatic heterocycles. The van der Waals surface area contributed by atoms with Crippen molar-refractivity contribution in [2.24, 2.45) is 5.73 Å². The second kappa shape index (κ2) is 6.97. The van der Waals surface area contributed by atoms with Crippen LogP contribution in [0.3, 0.4) is 0 Å². The van der Waals surface area contributed by atoms with E-state index in [1.807, 2.05) is 0 Å². The summed E-state index contributed by atoms with van der Waals surface area (Å²) < 4.78 is 0. The van der Waals surface area contributed by atoms with Gasteiger partial charge in [-0.05, 0) is 32.1 Å².